The molecule has 0 unspecified atom stereocenters. The Labute approximate surface area is 159 Å². The van der Waals surface area contributed by atoms with Crippen LogP contribution in [0.5, 0.6) is 0 Å². The van der Waals surface area contributed by atoms with E-state index >= 15 is 0 Å². The number of nitrogens with zero attached hydrogens (tertiary/aromatic N) is 4. The number of unbranched alkanes of at least 4 members (excludes halogenated alkanes) is 1. The minimum atomic E-state index is -0.0169. The molecule has 0 radical (unpaired) electrons. The number of amides is 1. The van der Waals surface area contributed by atoms with Gasteiger partial charge in [-0.3, -0.25) is 9.78 Å². The molecule has 0 aliphatic carbocycles. The van der Waals surface area contributed by atoms with Crippen LogP contribution in [0.2, 0.25) is 0 Å². The van der Waals surface area contributed by atoms with E-state index in [0.717, 1.165) is 41.7 Å². The lowest BCUT2D eigenvalue weighted by Crippen LogP contribution is -2.49. The lowest BCUT2D eigenvalue weighted by Gasteiger charge is -2.34. The third-order valence-electron chi connectivity index (χ3n) is 4.57. The van der Waals surface area contributed by atoms with Gasteiger partial charge < -0.3 is 14.2 Å². The number of aromatic nitrogens is 2. The topological polar surface area (TPSA) is 62.5 Å². The maximum absolute atomic E-state index is 12.8. The van der Waals surface area contributed by atoms with Crippen molar-refractivity contribution in [1.82, 2.24) is 14.9 Å². The summed E-state index contributed by atoms with van der Waals surface area (Å²) in [5.41, 5.74) is 1.13. The molecule has 0 spiro atoms. The molecule has 26 heavy (non-hydrogen) atoms. The van der Waals surface area contributed by atoms with Crippen LogP contribution in [0.3, 0.4) is 0 Å². The molecule has 1 saturated heterocycles. The number of rotatable bonds is 7. The number of anilines is 1. The monoisotopic (exact) mass is 374 g/mol. The highest BCUT2D eigenvalue weighted by Crippen LogP contribution is 2.23. The molecular formula is C19H26N4O2S. The first kappa shape index (κ1) is 18.8. The molecule has 1 fully saturated rings. The molecule has 0 atom stereocenters. The Morgan fingerprint density at radius 3 is 2.77 bits per heavy atom. The predicted octanol–water partition coefficient (Wildman–Crippen LogP) is 3.37. The summed E-state index contributed by atoms with van der Waals surface area (Å²) < 4.78 is 5.76. The van der Waals surface area contributed by atoms with Gasteiger partial charge in [0.2, 0.25) is 0 Å². The molecule has 0 N–H and O–H groups in total. The van der Waals surface area contributed by atoms with Gasteiger partial charge in [-0.1, -0.05) is 13.3 Å². The standard InChI is InChI=1S/C19H26N4O2S/c1-3-4-11-26-14-16-12-17(25-15(16)2)19(24)23-9-7-22(8-10-23)18-13-20-5-6-21-18/h5-6,12-13H,3-4,7-11,14H2,1-2H3. The zero-order valence-electron chi connectivity index (χ0n) is 15.5. The van der Waals surface area contributed by atoms with Gasteiger partial charge in [-0.05, 0) is 25.2 Å². The molecule has 0 saturated carbocycles. The number of piperazine rings is 1. The number of thioether (sulfide) groups is 1. The third kappa shape index (κ3) is 4.58. The van der Waals surface area contributed by atoms with E-state index in [-0.39, 0.29) is 5.91 Å². The summed E-state index contributed by atoms with van der Waals surface area (Å²) in [6, 6.07) is 1.92. The lowest BCUT2D eigenvalue weighted by atomic mass is 10.2. The highest BCUT2D eigenvalue weighted by Gasteiger charge is 2.25. The van der Waals surface area contributed by atoms with Crippen molar-refractivity contribution in [2.75, 3.05) is 36.8 Å². The summed E-state index contributed by atoms with van der Waals surface area (Å²) in [5.74, 6) is 4.21. The second-order valence-electron chi connectivity index (χ2n) is 6.44. The normalized spacial score (nSPS) is 14.7. The molecule has 3 heterocycles. The van der Waals surface area contributed by atoms with Gasteiger partial charge >= 0.3 is 0 Å². The van der Waals surface area contributed by atoms with Crippen LogP contribution >= 0.6 is 11.8 Å². The largest absolute Gasteiger partial charge is 0.456 e. The van der Waals surface area contributed by atoms with Crippen molar-refractivity contribution in [1.29, 1.82) is 0 Å². The van der Waals surface area contributed by atoms with E-state index in [0.29, 0.717) is 18.8 Å². The fraction of sp³-hybridized carbons (Fsp3) is 0.526. The van der Waals surface area contributed by atoms with Crippen molar-refractivity contribution in [3.8, 4) is 0 Å². The highest BCUT2D eigenvalue weighted by molar-refractivity contribution is 7.98. The summed E-state index contributed by atoms with van der Waals surface area (Å²) in [6.45, 7) is 6.97. The van der Waals surface area contributed by atoms with Crippen LogP contribution < -0.4 is 4.90 Å². The zero-order chi connectivity index (χ0) is 18.4. The molecule has 1 aliphatic heterocycles. The van der Waals surface area contributed by atoms with Crippen LogP contribution in [0, 0.1) is 6.92 Å². The van der Waals surface area contributed by atoms with Gasteiger partial charge in [-0.25, -0.2) is 4.98 Å². The first-order chi connectivity index (χ1) is 12.7. The van der Waals surface area contributed by atoms with E-state index < -0.39 is 0 Å². The Balaban J connectivity index is 1.55. The van der Waals surface area contributed by atoms with Gasteiger partial charge in [0.1, 0.15) is 11.6 Å². The van der Waals surface area contributed by atoms with Crippen LogP contribution in [0.1, 0.15) is 41.6 Å². The maximum atomic E-state index is 12.8. The van der Waals surface area contributed by atoms with Gasteiger partial charge in [0, 0.05) is 49.9 Å². The Kier molecular flexibility index (Phi) is 6.55. The fourth-order valence-electron chi connectivity index (χ4n) is 2.95. The lowest BCUT2D eigenvalue weighted by molar-refractivity contribution is 0.0713. The Morgan fingerprint density at radius 2 is 2.08 bits per heavy atom. The van der Waals surface area contributed by atoms with Crippen molar-refractivity contribution in [2.45, 2.75) is 32.4 Å². The summed E-state index contributed by atoms with van der Waals surface area (Å²) in [5, 5.41) is 0. The molecule has 7 heteroatoms. The van der Waals surface area contributed by atoms with Gasteiger partial charge in [-0.2, -0.15) is 11.8 Å². The van der Waals surface area contributed by atoms with Crippen molar-refractivity contribution in [3.63, 3.8) is 0 Å². The highest BCUT2D eigenvalue weighted by atomic mass is 32.2. The quantitative estimate of drug-likeness (QED) is 0.693. The zero-order valence-corrected chi connectivity index (χ0v) is 16.3. The first-order valence-electron chi connectivity index (χ1n) is 9.16. The fourth-order valence-corrected chi connectivity index (χ4v) is 4.09. The van der Waals surface area contributed by atoms with E-state index in [1.807, 2.05) is 29.7 Å². The number of carbonyl (C=O) groups excluding carboxylic acids is 1. The summed E-state index contributed by atoms with van der Waals surface area (Å²) in [4.78, 5) is 25.2. The van der Waals surface area contributed by atoms with E-state index in [1.165, 1.54) is 12.8 Å². The van der Waals surface area contributed by atoms with Crippen molar-refractivity contribution in [2.24, 2.45) is 0 Å². The number of furan rings is 1. The third-order valence-corrected chi connectivity index (χ3v) is 5.66. The van der Waals surface area contributed by atoms with Gasteiger partial charge in [-0.15, -0.1) is 0 Å². The maximum Gasteiger partial charge on any atom is 0.289 e. The Morgan fingerprint density at radius 1 is 1.27 bits per heavy atom. The molecular weight excluding hydrogens is 348 g/mol. The predicted molar refractivity (Wildman–Crippen MR) is 105 cm³/mol. The second kappa shape index (κ2) is 9.07. The van der Waals surface area contributed by atoms with E-state index in [9.17, 15) is 4.79 Å². The second-order valence-corrected chi connectivity index (χ2v) is 7.55. The smallest absolute Gasteiger partial charge is 0.289 e. The van der Waals surface area contributed by atoms with Crippen LogP contribution in [-0.4, -0.2) is 52.7 Å². The summed E-state index contributed by atoms with van der Waals surface area (Å²) in [7, 11) is 0. The van der Waals surface area contributed by atoms with E-state index in [1.54, 1.807) is 18.6 Å². The van der Waals surface area contributed by atoms with Crippen LogP contribution in [0.25, 0.3) is 0 Å². The molecule has 0 aromatic carbocycles. The minimum Gasteiger partial charge on any atom is -0.456 e. The van der Waals surface area contributed by atoms with E-state index in [2.05, 4.69) is 21.8 Å². The minimum absolute atomic E-state index is 0.0169. The average Bonchev–Trinajstić information content (AvgIpc) is 3.06. The van der Waals surface area contributed by atoms with E-state index in [4.69, 9.17) is 4.42 Å². The molecule has 1 amide bonds. The molecule has 6 nitrogen and oxygen atoms in total. The molecule has 2 aromatic rings. The molecule has 0 bridgehead atoms. The number of carbonyl (C=O) groups is 1. The van der Waals surface area contributed by atoms with Crippen molar-refractivity contribution >= 4 is 23.5 Å². The number of hydrogen-bond acceptors (Lipinski definition) is 6. The van der Waals surface area contributed by atoms with Crippen molar-refractivity contribution in [3.05, 3.63) is 41.7 Å². The average molecular weight is 375 g/mol. The van der Waals surface area contributed by atoms with Crippen LogP contribution in [0.15, 0.2) is 29.1 Å². The summed E-state index contributed by atoms with van der Waals surface area (Å²) >= 11 is 1.90. The van der Waals surface area contributed by atoms with Crippen LogP contribution in [-0.2, 0) is 5.75 Å². The van der Waals surface area contributed by atoms with Gasteiger partial charge in [0.25, 0.3) is 5.91 Å². The SMILES string of the molecule is CCCCSCc1cc(C(=O)N2CCN(c3cnccn3)CC2)oc1C. The Bertz CT molecular complexity index is 712. The molecule has 140 valence electrons. The van der Waals surface area contributed by atoms with Crippen LogP contribution in [0.4, 0.5) is 5.82 Å². The number of aryl methyl sites for hydroxylation is 1. The summed E-state index contributed by atoms with van der Waals surface area (Å²) in [6.07, 6.45) is 7.56. The number of hydrogen-bond donors (Lipinski definition) is 0. The molecule has 3 rings (SSSR count). The molecule has 1 aliphatic rings. The van der Waals surface area contributed by atoms with Gasteiger partial charge in [0.05, 0.1) is 6.20 Å². The van der Waals surface area contributed by atoms with Crippen molar-refractivity contribution < 1.29 is 9.21 Å². The first-order valence-corrected chi connectivity index (χ1v) is 10.3. The van der Waals surface area contributed by atoms with Gasteiger partial charge in [0.15, 0.2) is 5.76 Å². The molecule has 2 aromatic heterocycles. The Hall–Kier alpha value is -2.02.